The standard InChI is InChI=1S/C33H39Cl2N/c1-20-14-27(34)29(35)28(15-20)36(21-10-12-23-25(16-21)32(6,7)18-30(23,2)3)22-11-13-24-26(17-22)33(8,9)19-31(24,4)5/h10-17H,18-19H2,1-9H3. The van der Waals surface area contributed by atoms with E-state index in [0.29, 0.717) is 10.0 Å². The van der Waals surface area contributed by atoms with E-state index in [1.165, 1.54) is 22.3 Å². The second-order valence-corrected chi connectivity index (χ2v) is 14.5. The van der Waals surface area contributed by atoms with Crippen molar-refractivity contribution in [3.05, 3.63) is 86.4 Å². The predicted molar refractivity (Wildman–Crippen MR) is 157 cm³/mol. The third kappa shape index (κ3) is 3.98. The summed E-state index contributed by atoms with van der Waals surface area (Å²) in [4.78, 5) is 2.31. The van der Waals surface area contributed by atoms with Crippen LogP contribution in [0.15, 0.2) is 48.5 Å². The van der Waals surface area contributed by atoms with Gasteiger partial charge in [0.25, 0.3) is 0 Å². The van der Waals surface area contributed by atoms with Gasteiger partial charge in [-0.3, -0.25) is 0 Å². The zero-order valence-electron chi connectivity index (χ0n) is 23.2. The van der Waals surface area contributed by atoms with Crippen molar-refractivity contribution in [3.8, 4) is 0 Å². The first-order chi connectivity index (χ1) is 16.5. The molecule has 0 aliphatic heterocycles. The highest BCUT2D eigenvalue weighted by Gasteiger charge is 2.43. The van der Waals surface area contributed by atoms with Gasteiger partial charge in [0.2, 0.25) is 0 Å². The Kier molecular flexibility index (Phi) is 5.72. The van der Waals surface area contributed by atoms with Crippen LogP contribution in [0, 0.1) is 6.92 Å². The molecule has 0 aromatic heterocycles. The lowest BCUT2D eigenvalue weighted by Gasteiger charge is -2.30. The molecule has 0 heterocycles. The molecule has 0 saturated carbocycles. The Labute approximate surface area is 227 Å². The number of halogens is 2. The topological polar surface area (TPSA) is 3.24 Å². The molecule has 0 amide bonds. The van der Waals surface area contributed by atoms with Crippen LogP contribution in [0.2, 0.25) is 10.0 Å². The molecule has 0 N–H and O–H groups in total. The average Bonchev–Trinajstić information content (AvgIpc) is 3.06. The molecule has 190 valence electrons. The minimum Gasteiger partial charge on any atom is -0.309 e. The molecule has 0 radical (unpaired) electrons. The van der Waals surface area contributed by atoms with Gasteiger partial charge < -0.3 is 4.90 Å². The fourth-order valence-electron chi connectivity index (χ4n) is 7.53. The maximum absolute atomic E-state index is 6.92. The van der Waals surface area contributed by atoms with E-state index in [4.69, 9.17) is 23.2 Å². The summed E-state index contributed by atoms with van der Waals surface area (Å²) in [5.74, 6) is 0. The van der Waals surface area contributed by atoms with Crippen molar-refractivity contribution in [2.45, 2.75) is 96.8 Å². The molecular formula is C33H39Cl2N. The predicted octanol–water partition coefficient (Wildman–Crippen LogP) is 10.7. The molecule has 3 aromatic rings. The van der Waals surface area contributed by atoms with Gasteiger partial charge in [-0.25, -0.2) is 0 Å². The Morgan fingerprint density at radius 1 is 0.583 bits per heavy atom. The summed E-state index contributed by atoms with van der Waals surface area (Å²) >= 11 is 13.6. The van der Waals surface area contributed by atoms with Gasteiger partial charge in [-0.2, -0.15) is 0 Å². The first-order valence-electron chi connectivity index (χ1n) is 13.1. The normalized spacial score (nSPS) is 20.2. The van der Waals surface area contributed by atoms with Crippen LogP contribution in [-0.4, -0.2) is 0 Å². The van der Waals surface area contributed by atoms with E-state index in [1.54, 1.807) is 0 Å². The van der Waals surface area contributed by atoms with Crippen LogP contribution in [0.5, 0.6) is 0 Å². The lowest BCUT2D eigenvalue weighted by Crippen LogP contribution is -2.18. The van der Waals surface area contributed by atoms with Gasteiger partial charge in [-0.05, 0) is 106 Å². The minimum atomic E-state index is 0.110. The number of hydrogen-bond donors (Lipinski definition) is 0. The molecule has 5 rings (SSSR count). The average molecular weight is 521 g/mol. The minimum absolute atomic E-state index is 0.110. The van der Waals surface area contributed by atoms with E-state index in [-0.39, 0.29) is 21.7 Å². The van der Waals surface area contributed by atoms with Gasteiger partial charge in [0.15, 0.2) is 0 Å². The van der Waals surface area contributed by atoms with Crippen molar-refractivity contribution in [1.29, 1.82) is 0 Å². The van der Waals surface area contributed by atoms with Gasteiger partial charge in [0, 0.05) is 11.4 Å². The molecule has 0 bridgehead atoms. The van der Waals surface area contributed by atoms with Crippen LogP contribution in [0.1, 0.15) is 96.0 Å². The summed E-state index contributed by atoms with van der Waals surface area (Å²) in [6.07, 6.45) is 2.27. The van der Waals surface area contributed by atoms with E-state index < -0.39 is 0 Å². The zero-order chi connectivity index (χ0) is 26.4. The van der Waals surface area contributed by atoms with E-state index in [2.05, 4.69) is 110 Å². The number of aryl methyl sites for hydroxylation is 1. The van der Waals surface area contributed by atoms with Gasteiger partial charge in [0.1, 0.15) is 0 Å². The molecule has 0 atom stereocenters. The number of nitrogens with zero attached hydrogens (tertiary/aromatic N) is 1. The molecule has 3 heteroatoms. The lowest BCUT2D eigenvalue weighted by molar-refractivity contribution is 0.403. The molecule has 2 aliphatic carbocycles. The number of fused-ring (bicyclic) bond motifs is 2. The molecule has 36 heavy (non-hydrogen) atoms. The maximum Gasteiger partial charge on any atom is 0.0832 e. The van der Waals surface area contributed by atoms with Gasteiger partial charge in [-0.1, -0.05) is 90.7 Å². The molecule has 2 aliphatic rings. The van der Waals surface area contributed by atoms with Gasteiger partial charge in [-0.15, -0.1) is 0 Å². The Bertz CT molecular complexity index is 1300. The maximum atomic E-state index is 6.92. The van der Waals surface area contributed by atoms with Gasteiger partial charge >= 0.3 is 0 Å². The van der Waals surface area contributed by atoms with E-state index >= 15 is 0 Å². The lowest BCUT2D eigenvalue weighted by atomic mass is 9.82. The summed E-state index contributed by atoms with van der Waals surface area (Å²) in [5.41, 5.74) is 10.5. The smallest absolute Gasteiger partial charge is 0.0832 e. The van der Waals surface area contributed by atoms with Crippen molar-refractivity contribution in [2.75, 3.05) is 4.90 Å². The van der Waals surface area contributed by atoms with Crippen molar-refractivity contribution in [3.63, 3.8) is 0 Å². The molecule has 1 nitrogen and oxygen atoms in total. The van der Waals surface area contributed by atoms with E-state index in [0.717, 1.165) is 35.5 Å². The van der Waals surface area contributed by atoms with Gasteiger partial charge in [0.05, 0.1) is 15.7 Å². The molecule has 0 spiro atoms. The number of anilines is 3. The summed E-state index contributed by atoms with van der Waals surface area (Å²) in [7, 11) is 0. The zero-order valence-corrected chi connectivity index (χ0v) is 24.7. The SMILES string of the molecule is Cc1cc(Cl)c(Cl)c(N(c2ccc3c(c2)C(C)(C)CC3(C)C)c2ccc3c(c2)C(C)(C)CC3(C)C)c1. The second kappa shape index (κ2) is 8.02. The number of benzene rings is 3. The van der Waals surface area contributed by atoms with Crippen molar-refractivity contribution < 1.29 is 0 Å². The number of hydrogen-bond acceptors (Lipinski definition) is 1. The third-order valence-electron chi connectivity index (χ3n) is 8.60. The largest absolute Gasteiger partial charge is 0.309 e. The van der Waals surface area contributed by atoms with Crippen LogP contribution in [0.3, 0.4) is 0 Å². The quantitative estimate of drug-likeness (QED) is 0.332. The first-order valence-corrected chi connectivity index (χ1v) is 13.8. The van der Waals surface area contributed by atoms with Crippen molar-refractivity contribution >= 4 is 40.3 Å². The summed E-state index contributed by atoms with van der Waals surface area (Å²) in [6.45, 7) is 21.0. The Balaban J connectivity index is 1.77. The Morgan fingerprint density at radius 3 is 1.44 bits per heavy atom. The Hall–Kier alpha value is -1.96. The summed E-state index contributed by atoms with van der Waals surface area (Å²) in [6, 6.07) is 18.1. The van der Waals surface area contributed by atoms with Crippen LogP contribution in [0.4, 0.5) is 17.1 Å². The number of rotatable bonds is 3. The van der Waals surface area contributed by atoms with Crippen LogP contribution in [0.25, 0.3) is 0 Å². The van der Waals surface area contributed by atoms with Crippen molar-refractivity contribution in [1.82, 2.24) is 0 Å². The molecule has 3 aromatic carbocycles. The Morgan fingerprint density at radius 2 is 1.00 bits per heavy atom. The fourth-order valence-corrected chi connectivity index (χ4v) is 7.99. The van der Waals surface area contributed by atoms with E-state index in [9.17, 15) is 0 Å². The molecule has 0 fully saturated rings. The summed E-state index contributed by atoms with van der Waals surface area (Å²) < 4.78 is 0. The third-order valence-corrected chi connectivity index (χ3v) is 9.39. The highest BCUT2D eigenvalue weighted by molar-refractivity contribution is 6.44. The highest BCUT2D eigenvalue weighted by atomic mass is 35.5. The molecular weight excluding hydrogens is 481 g/mol. The first kappa shape index (κ1) is 25.7. The van der Waals surface area contributed by atoms with Crippen LogP contribution >= 0.6 is 23.2 Å². The molecule has 0 saturated heterocycles. The van der Waals surface area contributed by atoms with Crippen molar-refractivity contribution in [2.24, 2.45) is 0 Å². The summed E-state index contributed by atoms with van der Waals surface area (Å²) in [5, 5.41) is 1.17. The van der Waals surface area contributed by atoms with Crippen LogP contribution in [-0.2, 0) is 21.7 Å². The highest BCUT2D eigenvalue weighted by Crippen LogP contribution is 2.54. The molecule has 0 unspecified atom stereocenters. The monoisotopic (exact) mass is 519 g/mol. The second-order valence-electron chi connectivity index (χ2n) is 13.8. The fraction of sp³-hybridized carbons (Fsp3) is 0.455. The van der Waals surface area contributed by atoms with E-state index in [1.807, 2.05) is 6.07 Å². The van der Waals surface area contributed by atoms with Crippen LogP contribution < -0.4 is 4.90 Å².